The quantitative estimate of drug-likeness (QED) is 0.873. The second kappa shape index (κ2) is 5.00. The van der Waals surface area contributed by atoms with Crippen molar-refractivity contribution in [3.8, 4) is 0 Å². The normalized spacial score (nSPS) is 13.6. The topological polar surface area (TPSA) is 55.0 Å². The lowest BCUT2D eigenvalue weighted by atomic mass is 9.87. The van der Waals surface area contributed by atoms with E-state index in [9.17, 15) is 0 Å². The lowest BCUT2D eigenvalue weighted by Crippen LogP contribution is -2.40. The maximum Gasteiger partial charge on any atom is 0.225 e. The summed E-state index contributed by atoms with van der Waals surface area (Å²) in [7, 11) is 2.03. The van der Waals surface area contributed by atoms with Gasteiger partial charge in [0.15, 0.2) is 0 Å². The van der Waals surface area contributed by atoms with Crippen LogP contribution in [0.25, 0.3) is 0 Å². The van der Waals surface area contributed by atoms with E-state index < -0.39 is 0 Å². The highest BCUT2D eigenvalue weighted by Gasteiger charge is 2.25. The van der Waals surface area contributed by atoms with Gasteiger partial charge in [-0.2, -0.15) is 0 Å². The van der Waals surface area contributed by atoms with Crippen LogP contribution in [0.2, 0.25) is 0 Å². The van der Waals surface area contributed by atoms with E-state index in [-0.39, 0.29) is 5.41 Å². The maximum absolute atomic E-state index is 5.64. The fourth-order valence-corrected chi connectivity index (χ4v) is 1.63. The van der Waals surface area contributed by atoms with Crippen LogP contribution >= 0.6 is 0 Å². The average molecular weight is 236 g/mol. The standard InChI is InChI=1S/C13H24N4/c1-9-7-11(8-14)16-12(15-9)17(6)10(2)13(3,4)5/h7,10H,8,14H2,1-6H3. The Kier molecular flexibility index (Phi) is 4.09. The first kappa shape index (κ1) is 13.9. The SMILES string of the molecule is Cc1cc(CN)nc(N(C)C(C)C(C)(C)C)n1. The van der Waals surface area contributed by atoms with Crippen LogP contribution in [0.5, 0.6) is 0 Å². The van der Waals surface area contributed by atoms with Gasteiger partial charge in [-0.25, -0.2) is 9.97 Å². The van der Waals surface area contributed by atoms with Crippen LogP contribution in [-0.4, -0.2) is 23.1 Å². The van der Waals surface area contributed by atoms with Gasteiger partial charge in [0.25, 0.3) is 0 Å². The van der Waals surface area contributed by atoms with Crippen LogP contribution in [-0.2, 0) is 6.54 Å². The van der Waals surface area contributed by atoms with Crippen molar-refractivity contribution in [3.63, 3.8) is 0 Å². The molecule has 4 nitrogen and oxygen atoms in total. The summed E-state index contributed by atoms with van der Waals surface area (Å²) < 4.78 is 0. The average Bonchev–Trinajstić information content (AvgIpc) is 2.24. The number of hydrogen-bond donors (Lipinski definition) is 1. The molecule has 1 unspecified atom stereocenters. The third-order valence-electron chi connectivity index (χ3n) is 3.25. The zero-order valence-electron chi connectivity index (χ0n) is 11.8. The van der Waals surface area contributed by atoms with Crippen molar-refractivity contribution in [1.29, 1.82) is 0 Å². The van der Waals surface area contributed by atoms with Gasteiger partial charge >= 0.3 is 0 Å². The molecule has 0 aliphatic heterocycles. The van der Waals surface area contributed by atoms with Crippen molar-refractivity contribution in [2.75, 3.05) is 11.9 Å². The summed E-state index contributed by atoms with van der Waals surface area (Å²) in [4.78, 5) is 11.1. The fraction of sp³-hybridized carbons (Fsp3) is 0.692. The number of aryl methyl sites for hydroxylation is 1. The molecule has 0 bridgehead atoms. The van der Waals surface area contributed by atoms with E-state index in [1.54, 1.807) is 0 Å². The van der Waals surface area contributed by atoms with Gasteiger partial charge in [-0.1, -0.05) is 20.8 Å². The summed E-state index contributed by atoms with van der Waals surface area (Å²) in [5.41, 5.74) is 7.68. The number of hydrogen-bond acceptors (Lipinski definition) is 4. The van der Waals surface area contributed by atoms with Crippen molar-refractivity contribution >= 4 is 5.95 Å². The van der Waals surface area contributed by atoms with E-state index in [0.717, 1.165) is 17.3 Å². The largest absolute Gasteiger partial charge is 0.341 e. The second-order valence-electron chi connectivity index (χ2n) is 5.66. The Hall–Kier alpha value is -1.16. The van der Waals surface area contributed by atoms with Gasteiger partial charge in [0.05, 0.1) is 5.69 Å². The predicted octanol–water partition coefficient (Wildman–Crippen LogP) is 2.11. The smallest absolute Gasteiger partial charge is 0.225 e. The molecule has 1 atom stereocenters. The Morgan fingerprint density at radius 3 is 2.41 bits per heavy atom. The zero-order valence-corrected chi connectivity index (χ0v) is 11.8. The van der Waals surface area contributed by atoms with E-state index in [1.807, 2.05) is 20.0 Å². The lowest BCUT2D eigenvalue weighted by molar-refractivity contribution is 0.327. The van der Waals surface area contributed by atoms with Crippen LogP contribution in [0.4, 0.5) is 5.95 Å². The molecule has 17 heavy (non-hydrogen) atoms. The highest BCUT2D eigenvalue weighted by atomic mass is 15.3. The summed E-state index contributed by atoms with van der Waals surface area (Å²) in [6, 6.07) is 2.29. The Labute approximate surface area is 104 Å². The molecule has 0 radical (unpaired) electrons. The minimum absolute atomic E-state index is 0.185. The van der Waals surface area contributed by atoms with Crippen LogP contribution in [0.3, 0.4) is 0 Å². The Balaban J connectivity index is 3.03. The molecule has 1 aromatic rings. The molecule has 0 aliphatic carbocycles. The van der Waals surface area contributed by atoms with Crippen molar-refractivity contribution < 1.29 is 0 Å². The Morgan fingerprint density at radius 1 is 1.35 bits per heavy atom. The van der Waals surface area contributed by atoms with Crippen molar-refractivity contribution in [1.82, 2.24) is 9.97 Å². The van der Waals surface area contributed by atoms with Crippen LogP contribution < -0.4 is 10.6 Å². The second-order valence-corrected chi connectivity index (χ2v) is 5.66. The van der Waals surface area contributed by atoms with E-state index in [2.05, 4.69) is 42.6 Å². The highest BCUT2D eigenvalue weighted by molar-refractivity contribution is 5.33. The molecule has 0 amide bonds. The lowest BCUT2D eigenvalue weighted by Gasteiger charge is -2.35. The molecular weight excluding hydrogens is 212 g/mol. The molecule has 0 saturated heterocycles. The number of anilines is 1. The van der Waals surface area contributed by atoms with Crippen molar-refractivity contribution in [3.05, 3.63) is 17.5 Å². The summed E-state index contributed by atoms with van der Waals surface area (Å²) in [6.45, 7) is 11.3. The maximum atomic E-state index is 5.64. The Morgan fingerprint density at radius 2 is 1.94 bits per heavy atom. The van der Waals surface area contributed by atoms with Gasteiger partial charge in [-0.3, -0.25) is 0 Å². The molecule has 1 rings (SSSR count). The first-order valence-electron chi connectivity index (χ1n) is 6.03. The van der Waals surface area contributed by atoms with Gasteiger partial charge in [0, 0.05) is 25.3 Å². The zero-order chi connectivity index (χ0) is 13.2. The monoisotopic (exact) mass is 236 g/mol. The van der Waals surface area contributed by atoms with Crippen molar-refractivity contribution in [2.45, 2.75) is 47.2 Å². The third-order valence-corrected chi connectivity index (χ3v) is 3.25. The first-order valence-corrected chi connectivity index (χ1v) is 6.03. The summed E-state index contributed by atoms with van der Waals surface area (Å²) in [6.07, 6.45) is 0. The van der Waals surface area contributed by atoms with E-state index >= 15 is 0 Å². The molecule has 1 aromatic heterocycles. The van der Waals surface area contributed by atoms with Crippen molar-refractivity contribution in [2.24, 2.45) is 11.1 Å². The van der Waals surface area contributed by atoms with E-state index in [4.69, 9.17) is 5.73 Å². The molecule has 96 valence electrons. The molecular formula is C13H24N4. The van der Waals surface area contributed by atoms with Gasteiger partial charge in [0.2, 0.25) is 5.95 Å². The first-order chi connectivity index (χ1) is 7.75. The van der Waals surface area contributed by atoms with E-state index in [0.29, 0.717) is 12.6 Å². The molecule has 2 N–H and O–H groups in total. The fourth-order valence-electron chi connectivity index (χ4n) is 1.63. The Bertz CT molecular complexity index is 381. The minimum Gasteiger partial charge on any atom is -0.341 e. The third kappa shape index (κ3) is 3.40. The molecule has 0 aromatic carbocycles. The highest BCUT2D eigenvalue weighted by Crippen LogP contribution is 2.25. The van der Waals surface area contributed by atoms with E-state index in [1.165, 1.54) is 0 Å². The van der Waals surface area contributed by atoms with Gasteiger partial charge in [-0.15, -0.1) is 0 Å². The number of nitrogens with two attached hydrogens (primary N) is 1. The van der Waals surface area contributed by atoms with Gasteiger partial charge in [-0.05, 0) is 25.3 Å². The molecule has 4 heteroatoms. The molecule has 1 heterocycles. The molecule has 0 spiro atoms. The summed E-state index contributed by atoms with van der Waals surface area (Å²) in [5.74, 6) is 0.757. The number of rotatable bonds is 3. The molecule has 0 saturated carbocycles. The summed E-state index contributed by atoms with van der Waals surface area (Å²) >= 11 is 0. The molecule has 0 fully saturated rings. The predicted molar refractivity (Wildman–Crippen MR) is 72.0 cm³/mol. The van der Waals surface area contributed by atoms with Crippen LogP contribution in [0.1, 0.15) is 39.1 Å². The van der Waals surface area contributed by atoms with Gasteiger partial charge in [0.1, 0.15) is 0 Å². The molecule has 0 aliphatic rings. The van der Waals surface area contributed by atoms with Gasteiger partial charge < -0.3 is 10.6 Å². The summed E-state index contributed by atoms with van der Waals surface area (Å²) in [5, 5.41) is 0. The van der Waals surface area contributed by atoms with Crippen LogP contribution in [0.15, 0.2) is 6.07 Å². The number of aromatic nitrogens is 2. The number of nitrogens with zero attached hydrogens (tertiary/aromatic N) is 3. The minimum atomic E-state index is 0.185. The van der Waals surface area contributed by atoms with Crippen LogP contribution in [0, 0.1) is 12.3 Å².